The summed E-state index contributed by atoms with van der Waals surface area (Å²) < 4.78 is 23.5. The summed E-state index contributed by atoms with van der Waals surface area (Å²) in [6.45, 7) is 2.05. The average Bonchev–Trinajstić information content (AvgIpc) is 2.75. The van der Waals surface area contributed by atoms with E-state index in [4.69, 9.17) is 18.9 Å². The molecule has 3 aromatic carbocycles. The van der Waals surface area contributed by atoms with Crippen LogP contribution in [0.5, 0.6) is 23.0 Å². The van der Waals surface area contributed by atoms with Crippen molar-refractivity contribution in [1.82, 2.24) is 4.57 Å². The van der Waals surface area contributed by atoms with E-state index in [-0.39, 0.29) is 5.56 Å². The summed E-state index contributed by atoms with van der Waals surface area (Å²) in [5, 5.41) is 4.29. The van der Waals surface area contributed by atoms with Crippen LogP contribution in [0.4, 0.5) is 0 Å². The smallest absolute Gasteiger partial charge is 0.258 e. The zero-order chi connectivity index (χ0) is 20.9. The van der Waals surface area contributed by atoms with Gasteiger partial charge in [0.15, 0.2) is 23.0 Å². The normalized spacial score (nSPS) is 11.2. The molecule has 0 radical (unpaired) electrons. The zero-order valence-corrected chi connectivity index (χ0v) is 17.4. The van der Waals surface area contributed by atoms with Gasteiger partial charge in [0.2, 0.25) is 0 Å². The number of nitrogens with zero attached hydrogens (tertiary/aromatic N) is 1. The molecule has 0 amide bonds. The highest BCUT2D eigenvalue weighted by Gasteiger charge is 2.18. The Morgan fingerprint density at radius 2 is 1.03 bits per heavy atom. The predicted molar refractivity (Wildman–Crippen MR) is 115 cm³/mol. The maximum atomic E-state index is 13.2. The molecule has 1 heterocycles. The molecule has 6 nitrogen and oxygen atoms in total. The van der Waals surface area contributed by atoms with Crippen LogP contribution in [-0.4, -0.2) is 33.0 Å². The van der Waals surface area contributed by atoms with Gasteiger partial charge in [-0.25, -0.2) is 0 Å². The largest absolute Gasteiger partial charge is 0.493 e. The molecule has 0 spiro atoms. The van der Waals surface area contributed by atoms with Gasteiger partial charge in [-0.1, -0.05) is 0 Å². The van der Waals surface area contributed by atoms with E-state index in [1.807, 2.05) is 25.1 Å². The molecule has 4 aromatic rings. The lowest BCUT2D eigenvalue weighted by atomic mass is 9.96. The van der Waals surface area contributed by atoms with E-state index in [1.165, 1.54) is 0 Å². The molecule has 6 heteroatoms. The minimum Gasteiger partial charge on any atom is -0.493 e. The standard InChI is InChI=1S/C23H23NO5/c1-12-7-15-14-9-19(27-4)21(29-6)11-17(14)23(25)24(2)22(15)16-10-20(28-5)18(26-3)8-13(12)16/h7-11H,1-6H3. The molecule has 0 bridgehead atoms. The van der Waals surface area contributed by atoms with E-state index in [1.54, 1.807) is 46.1 Å². The van der Waals surface area contributed by atoms with Crippen LogP contribution in [0.1, 0.15) is 5.56 Å². The lowest BCUT2D eigenvalue weighted by molar-refractivity contribution is 0.356. The minimum absolute atomic E-state index is 0.103. The molecule has 0 fully saturated rings. The molecule has 0 aliphatic heterocycles. The molecule has 0 atom stereocenters. The zero-order valence-electron chi connectivity index (χ0n) is 17.4. The first-order chi connectivity index (χ1) is 13.9. The quantitative estimate of drug-likeness (QED) is 0.487. The van der Waals surface area contributed by atoms with Crippen LogP contribution in [0, 0.1) is 6.92 Å². The van der Waals surface area contributed by atoms with Gasteiger partial charge in [0, 0.05) is 23.2 Å². The van der Waals surface area contributed by atoms with Crippen molar-refractivity contribution in [1.29, 1.82) is 0 Å². The van der Waals surface area contributed by atoms with E-state index < -0.39 is 0 Å². The van der Waals surface area contributed by atoms with Gasteiger partial charge in [-0.2, -0.15) is 0 Å². The molecule has 0 saturated heterocycles. The van der Waals surface area contributed by atoms with Crippen molar-refractivity contribution in [3.8, 4) is 23.0 Å². The van der Waals surface area contributed by atoms with Gasteiger partial charge in [0.05, 0.1) is 39.3 Å². The third-order valence-electron chi connectivity index (χ3n) is 5.50. The van der Waals surface area contributed by atoms with Gasteiger partial charge >= 0.3 is 0 Å². The van der Waals surface area contributed by atoms with Gasteiger partial charge in [0.25, 0.3) is 5.56 Å². The van der Waals surface area contributed by atoms with Crippen LogP contribution < -0.4 is 24.5 Å². The number of methoxy groups -OCH3 is 4. The number of hydrogen-bond acceptors (Lipinski definition) is 5. The second-order valence-corrected chi connectivity index (χ2v) is 6.96. The van der Waals surface area contributed by atoms with Crippen LogP contribution in [-0.2, 0) is 7.05 Å². The number of pyridine rings is 1. The monoisotopic (exact) mass is 393 g/mol. The van der Waals surface area contributed by atoms with Crippen LogP contribution in [0.3, 0.4) is 0 Å². The molecular formula is C23H23NO5. The maximum Gasteiger partial charge on any atom is 0.258 e. The minimum atomic E-state index is -0.103. The highest BCUT2D eigenvalue weighted by atomic mass is 16.5. The average molecular weight is 393 g/mol. The molecule has 0 aliphatic rings. The number of fused-ring (bicyclic) bond motifs is 5. The molecule has 0 unspecified atom stereocenters. The third-order valence-corrected chi connectivity index (χ3v) is 5.50. The lowest BCUT2D eigenvalue weighted by Crippen LogP contribution is -2.18. The molecule has 0 aliphatic carbocycles. The van der Waals surface area contributed by atoms with Crippen molar-refractivity contribution in [3.63, 3.8) is 0 Å². The summed E-state index contributed by atoms with van der Waals surface area (Å²) in [5.41, 5.74) is 1.80. The van der Waals surface area contributed by atoms with Crippen molar-refractivity contribution in [2.24, 2.45) is 7.05 Å². The van der Waals surface area contributed by atoms with Gasteiger partial charge in [-0.05, 0) is 48.2 Å². The van der Waals surface area contributed by atoms with Crippen molar-refractivity contribution >= 4 is 32.4 Å². The van der Waals surface area contributed by atoms with Crippen LogP contribution in [0.2, 0.25) is 0 Å². The molecule has 0 saturated carbocycles. The first-order valence-corrected chi connectivity index (χ1v) is 9.18. The van der Waals surface area contributed by atoms with Gasteiger partial charge in [-0.3, -0.25) is 4.79 Å². The summed E-state index contributed by atoms with van der Waals surface area (Å²) in [6.07, 6.45) is 0. The van der Waals surface area contributed by atoms with Gasteiger partial charge in [0.1, 0.15) is 0 Å². The second kappa shape index (κ2) is 6.88. The number of benzene rings is 3. The summed E-state index contributed by atoms with van der Waals surface area (Å²) in [4.78, 5) is 13.2. The van der Waals surface area contributed by atoms with E-state index in [0.29, 0.717) is 28.4 Å². The van der Waals surface area contributed by atoms with Crippen LogP contribution in [0.15, 0.2) is 35.1 Å². The second-order valence-electron chi connectivity index (χ2n) is 6.96. The maximum absolute atomic E-state index is 13.2. The molecule has 4 rings (SSSR count). The summed E-state index contributed by atoms with van der Waals surface area (Å²) >= 11 is 0. The van der Waals surface area contributed by atoms with E-state index in [0.717, 1.165) is 32.6 Å². The fraction of sp³-hybridized carbons (Fsp3) is 0.261. The Hall–Kier alpha value is -3.41. The lowest BCUT2D eigenvalue weighted by Gasteiger charge is -2.17. The number of ether oxygens (including phenoxy) is 4. The molecule has 0 N–H and O–H groups in total. The Morgan fingerprint density at radius 1 is 0.621 bits per heavy atom. The Bertz CT molecular complexity index is 1340. The topological polar surface area (TPSA) is 58.9 Å². The van der Waals surface area contributed by atoms with Crippen LogP contribution >= 0.6 is 0 Å². The van der Waals surface area contributed by atoms with E-state index >= 15 is 0 Å². The highest BCUT2D eigenvalue weighted by molar-refractivity contribution is 6.17. The number of aromatic nitrogens is 1. The number of rotatable bonds is 4. The summed E-state index contributed by atoms with van der Waals surface area (Å²) in [6, 6.07) is 9.58. The fourth-order valence-corrected chi connectivity index (χ4v) is 4.04. The van der Waals surface area contributed by atoms with Crippen molar-refractivity contribution in [3.05, 3.63) is 46.2 Å². The van der Waals surface area contributed by atoms with Crippen LogP contribution in [0.25, 0.3) is 32.4 Å². The Balaban J connectivity index is 2.28. The summed E-state index contributed by atoms with van der Waals surface area (Å²) in [7, 11) is 8.15. The van der Waals surface area contributed by atoms with E-state index in [9.17, 15) is 4.79 Å². The summed E-state index contributed by atoms with van der Waals surface area (Å²) in [5.74, 6) is 2.38. The highest BCUT2D eigenvalue weighted by Crippen LogP contribution is 2.40. The van der Waals surface area contributed by atoms with Crippen molar-refractivity contribution < 1.29 is 18.9 Å². The fourth-order valence-electron chi connectivity index (χ4n) is 4.04. The van der Waals surface area contributed by atoms with Crippen molar-refractivity contribution in [2.45, 2.75) is 6.92 Å². The number of hydrogen-bond donors (Lipinski definition) is 0. The Morgan fingerprint density at radius 3 is 1.55 bits per heavy atom. The first-order valence-electron chi connectivity index (χ1n) is 9.18. The Labute approximate surface area is 168 Å². The first kappa shape index (κ1) is 18.9. The number of aryl methyl sites for hydroxylation is 2. The van der Waals surface area contributed by atoms with E-state index in [2.05, 4.69) is 6.07 Å². The molecular weight excluding hydrogens is 370 g/mol. The van der Waals surface area contributed by atoms with Crippen molar-refractivity contribution in [2.75, 3.05) is 28.4 Å². The molecule has 1 aromatic heterocycles. The molecule has 150 valence electrons. The third kappa shape index (κ3) is 2.67. The Kier molecular flexibility index (Phi) is 4.49. The SMILES string of the molecule is COc1cc2c(C)cc3c4cc(OC)c(OC)cc4c(=O)n(C)c3c2cc1OC. The predicted octanol–water partition coefficient (Wildman–Crippen LogP) is 4.19. The van der Waals surface area contributed by atoms with Gasteiger partial charge < -0.3 is 23.5 Å². The molecule has 29 heavy (non-hydrogen) atoms. The van der Waals surface area contributed by atoms with Gasteiger partial charge in [-0.15, -0.1) is 0 Å².